The molecule has 1 aliphatic rings. The zero-order valence-electron chi connectivity index (χ0n) is 12.1. The fourth-order valence-corrected chi connectivity index (χ4v) is 2.02. The Morgan fingerprint density at radius 1 is 1.41 bits per heavy atom. The molecule has 8 heteroatoms. The summed E-state index contributed by atoms with van der Waals surface area (Å²) in [6, 6.07) is 2.85. The number of urea groups is 1. The molecule has 1 heterocycles. The smallest absolute Gasteiger partial charge is 0.342 e. The molecule has 0 spiro atoms. The van der Waals surface area contributed by atoms with Gasteiger partial charge in [-0.3, -0.25) is 9.69 Å². The molecule has 1 saturated heterocycles. The van der Waals surface area contributed by atoms with Crippen molar-refractivity contribution in [2.75, 3.05) is 20.2 Å². The molecule has 1 fully saturated rings. The number of nitrogens with one attached hydrogen (secondary N) is 1. The molecule has 0 saturated carbocycles. The Labute approximate surface area is 126 Å². The second-order valence-corrected chi connectivity index (χ2v) is 4.61. The Morgan fingerprint density at radius 3 is 2.73 bits per heavy atom. The summed E-state index contributed by atoms with van der Waals surface area (Å²) in [5, 5.41) is 2.47. The highest BCUT2D eigenvalue weighted by molar-refractivity contribution is 6.00. The SMILES string of the molecule is COc1ccc(F)cc1C(=O)O[C@H](C)C(=O)N1CCNC1=O. The Morgan fingerprint density at radius 2 is 2.14 bits per heavy atom. The third-order valence-corrected chi connectivity index (χ3v) is 3.14. The minimum Gasteiger partial charge on any atom is -0.496 e. The molecule has 3 amide bonds. The van der Waals surface area contributed by atoms with E-state index >= 15 is 0 Å². The van der Waals surface area contributed by atoms with Crippen molar-refractivity contribution in [2.45, 2.75) is 13.0 Å². The molecule has 0 unspecified atom stereocenters. The van der Waals surface area contributed by atoms with Crippen LogP contribution in [0.2, 0.25) is 0 Å². The first-order valence-corrected chi connectivity index (χ1v) is 6.57. The van der Waals surface area contributed by atoms with Crippen molar-refractivity contribution in [3.8, 4) is 5.75 Å². The van der Waals surface area contributed by atoms with E-state index in [1.807, 2.05) is 0 Å². The Bertz CT molecular complexity index is 619. The number of hydrogen-bond donors (Lipinski definition) is 1. The van der Waals surface area contributed by atoms with Crippen molar-refractivity contribution < 1.29 is 28.2 Å². The molecule has 0 radical (unpaired) electrons. The number of esters is 1. The largest absolute Gasteiger partial charge is 0.496 e. The lowest BCUT2D eigenvalue weighted by Gasteiger charge is -2.18. The van der Waals surface area contributed by atoms with Gasteiger partial charge in [0.2, 0.25) is 0 Å². The zero-order valence-corrected chi connectivity index (χ0v) is 12.1. The van der Waals surface area contributed by atoms with Crippen molar-refractivity contribution in [3.05, 3.63) is 29.6 Å². The number of hydrogen-bond acceptors (Lipinski definition) is 5. The molecule has 0 aliphatic carbocycles. The van der Waals surface area contributed by atoms with Gasteiger partial charge in [-0.05, 0) is 25.1 Å². The van der Waals surface area contributed by atoms with E-state index in [2.05, 4.69) is 5.32 Å². The van der Waals surface area contributed by atoms with E-state index in [4.69, 9.17) is 9.47 Å². The van der Waals surface area contributed by atoms with E-state index in [0.29, 0.717) is 6.54 Å². The molecule has 1 aliphatic heterocycles. The molecule has 1 atom stereocenters. The number of ether oxygens (including phenoxy) is 2. The third-order valence-electron chi connectivity index (χ3n) is 3.14. The van der Waals surface area contributed by atoms with Crippen molar-refractivity contribution in [2.24, 2.45) is 0 Å². The number of carbonyl (C=O) groups is 3. The Hall–Kier alpha value is -2.64. The standard InChI is InChI=1S/C14H15FN2O5/c1-8(12(18)17-6-5-16-14(17)20)22-13(19)10-7-9(15)3-4-11(10)21-2/h3-4,7-8H,5-6H2,1-2H3,(H,16,20)/t8-/m1/s1. The number of nitrogens with zero attached hydrogens (tertiary/aromatic N) is 1. The maximum atomic E-state index is 13.2. The first kappa shape index (κ1) is 15.7. The van der Waals surface area contributed by atoms with Gasteiger partial charge in [0.15, 0.2) is 6.10 Å². The third kappa shape index (κ3) is 3.16. The second kappa shape index (κ2) is 6.42. The maximum Gasteiger partial charge on any atom is 0.342 e. The number of amides is 3. The predicted molar refractivity (Wildman–Crippen MR) is 72.9 cm³/mol. The van der Waals surface area contributed by atoms with Crippen LogP contribution in [0.1, 0.15) is 17.3 Å². The van der Waals surface area contributed by atoms with Crippen LogP contribution in [0.3, 0.4) is 0 Å². The lowest BCUT2D eigenvalue weighted by atomic mass is 10.2. The minimum atomic E-state index is -1.18. The van der Waals surface area contributed by atoms with E-state index in [-0.39, 0.29) is 17.9 Å². The first-order valence-electron chi connectivity index (χ1n) is 6.57. The van der Waals surface area contributed by atoms with Gasteiger partial charge in [0.05, 0.1) is 7.11 Å². The Kier molecular flexibility index (Phi) is 4.59. The van der Waals surface area contributed by atoms with Crippen LogP contribution in [0.4, 0.5) is 9.18 Å². The molecule has 22 heavy (non-hydrogen) atoms. The maximum absolute atomic E-state index is 13.2. The topological polar surface area (TPSA) is 84.9 Å². The number of rotatable bonds is 4. The lowest BCUT2D eigenvalue weighted by Crippen LogP contribution is -2.41. The van der Waals surface area contributed by atoms with Crippen molar-refractivity contribution in [1.29, 1.82) is 0 Å². The quantitative estimate of drug-likeness (QED) is 0.836. The zero-order chi connectivity index (χ0) is 16.3. The van der Waals surface area contributed by atoms with Gasteiger partial charge in [0, 0.05) is 13.1 Å². The fourth-order valence-electron chi connectivity index (χ4n) is 2.02. The van der Waals surface area contributed by atoms with Crippen LogP contribution in [-0.2, 0) is 9.53 Å². The highest BCUT2D eigenvalue weighted by Crippen LogP contribution is 2.21. The molecular formula is C14H15FN2O5. The number of methoxy groups -OCH3 is 1. The van der Waals surface area contributed by atoms with Gasteiger partial charge in [-0.25, -0.2) is 14.0 Å². The summed E-state index contributed by atoms with van der Waals surface area (Å²) in [5.41, 5.74) is -0.131. The van der Waals surface area contributed by atoms with E-state index in [1.165, 1.54) is 20.1 Å². The van der Waals surface area contributed by atoms with E-state index in [0.717, 1.165) is 17.0 Å². The molecule has 1 N–H and O–H groups in total. The number of halogens is 1. The summed E-state index contributed by atoms with van der Waals surface area (Å²) >= 11 is 0. The fraction of sp³-hybridized carbons (Fsp3) is 0.357. The molecule has 1 aromatic carbocycles. The van der Waals surface area contributed by atoms with Crippen LogP contribution in [0, 0.1) is 5.82 Å². The average molecular weight is 310 g/mol. The molecule has 1 aromatic rings. The van der Waals surface area contributed by atoms with Gasteiger partial charge in [0.1, 0.15) is 17.1 Å². The van der Waals surface area contributed by atoms with Crippen LogP contribution < -0.4 is 10.1 Å². The number of imide groups is 1. The van der Waals surface area contributed by atoms with E-state index < -0.39 is 29.8 Å². The first-order chi connectivity index (χ1) is 10.4. The monoisotopic (exact) mass is 310 g/mol. The summed E-state index contributed by atoms with van der Waals surface area (Å²) in [4.78, 5) is 36.4. The summed E-state index contributed by atoms with van der Waals surface area (Å²) in [5.74, 6) is -2.05. The highest BCUT2D eigenvalue weighted by Gasteiger charge is 2.32. The molecule has 0 aromatic heterocycles. The van der Waals surface area contributed by atoms with Gasteiger partial charge in [-0.15, -0.1) is 0 Å². The summed E-state index contributed by atoms with van der Waals surface area (Å²) in [6.07, 6.45) is -1.18. The number of carbonyl (C=O) groups excluding carboxylic acids is 3. The average Bonchev–Trinajstić information content (AvgIpc) is 2.92. The molecule has 0 bridgehead atoms. The van der Waals surface area contributed by atoms with Crippen molar-refractivity contribution in [3.63, 3.8) is 0 Å². The van der Waals surface area contributed by atoms with Gasteiger partial charge >= 0.3 is 12.0 Å². The predicted octanol–water partition coefficient (Wildman–Crippen LogP) is 0.931. The van der Waals surface area contributed by atoms with Gasteiger partial charge in [-0.2, -0.15) is 0 Å². The van der Waals surface area contributed by atoms with E-state index in [9.17, 15) is 18.8 Å². The molecule has 2 rings (SSSR count). The molecular weight excluding hydrogens is 295 g/mol. The normalized spacial score (nSPS) is 15.2. The molecule has 7 nitrogen and oxygen atoms in total. The number of benzene rings is 1. The highest BCUT2D eigenvalue weighted by atomic mass is 19.1. The van der Waals surface area contributed by atoms with Crippen LogP contribution >= 0.6 is 0 Å². The summed E-state index contributed by atoms with van der Waals surface area (Å²) < 4.78 is 23.2. The van der Waals surface area contributed by atoms with E-state index in [1.54, 1.807) is 0 Å². The Balaban J connectivity index is 2.09. The van der Waals surface area contributed by atoms with Crippen LogP contribution in [0.15, 0.2) is 18.2 Å². The molecule has 118 valence electrons. The van der Waals surface area contributed by atoms with Gasteiger partial charge < -0.3 is 14.8 Å². The second-order valence-electron chi connectivity index (χ2n) is 4.61. The van der Waals surface area contributed by atoms with Crippen LogP contribution in [-0.4, -0.2) is 49.1 Å². The lowest BCUT2D eigenvalue weighted by molar-refractivity contribution is -0.136. The summed E-state index contributed by atoms with van der Waals surface area (Å²) in [7, 11) is 1.33. The van der Waals surface area contributed by atoms with Gasteiger partial charge in [0.25, 0.3) is 5.91 Å². The van der Waals surface area contributed by atoms with Crippen LogP contribution in [0.25, 0.3) is 0 Å². The minimum absolute atomic E-state index is 0.130. The van der Waals surface area contributed by atoms with Crippen molar-refractivity contribution in [1.82, 2.24) is 10.2 Å². The van der Waals surface area contributed by atoms with Gasteiger partial charge in [-0.1, -0.05) is 0 Å². The summed E-state index contributed by atoms with van der Waals surface area (Å²) in [6.45, 7) is 1.91. The van der Waals surface area contributed by atoms with Crippen molar-refractivity contribution >= 4 is 17.9 Å². The van der Waals surface area contributed by atoms with Crippen LogP contribution in [0.5, 0.6) is 5.75 Å².